The number of aliphatic hydroxyl groups excluding tert-OH is 1. The van der Waals surface area contributed by atoms with E-state index >= 15 is 0 Å². The monoisotopic (exact) mass is 289 g/mol. The summed E-state index contributed by atoms with van der Waals surface area (Å²) in [6, 6.07) is -0.308. The zero-order chi connectivity index (χ0) is 15.6. The van der Waals surface area contributed by atoms with E-state index < -0.39 is 29.9 Å². The molecule has 1 fully saturated rings. The Kier molecular flexibility index (Phi) is 5.15. The normalized spacial score (nSPS) is 23.1. The number of aliphatic hydroxyl groups is 1. The van der Waals surface area contributed by atoms with E-state index in [9.17, 15) is 9.18 Å². The van der Waals surface area contributed by atoms with Gasteiger partial charge in [-0.05, 0) is 47.1 Å². The SMILES string of the molecule is CC(C)(C)OC(=O)N1[C@@H](C/C=C(\F)CO)COC1(C)C. The third-order valence-electron chi connectivity index (χ3n) is 2.93. The van der Waals surface area contributed by atoms with Crippen LogP contribution in [-0.4, -0.2) is 46.7 Å². The number of carbonyl (C=O) groups excluding carboxylic acids is 1. The number of ether oxygens (including phenoxy) is 2. The van der Waals surface area contributed by atoms with Gasteiger partial charge in [0.1, 0.15) is 17.2 Å². The fourth-order valence-electron chi connectivity index (χ4n) is 2.07. The van der Waals surface area contributed by atoms with Crippen LogP contribution in [0.3, 0.4) is 0 Å². The molecule has 0 bridgehead atoms. The van der Waals surface area contributed by atoms with Crippen molar-refractivity contribution in [2.75, 3.05) is 13.2 Å². The van der Waals surface area contributed by atoms with Crippen LogP contribution in [0, 0.1) is 0 Å². The molecule has 0 saturated carbocycles. The zero-order valence-corrected chi connectivity index (χ0v) is 12.8. The van der Waals surface area contributed by atoms with Gasteiger partial charge >= 0.3 is 6.09 Å². The van der Waals surface area contributed by atoms with E-state index in [4.69, 9.17) is 14.6 Å². The molecule has 0 spiro atoms. The Morgan fingerprint density at radius 1 is 1.55 bits per heavy atom. The van der Waals surface area contributed by atoms with Gasteiger partial charge in [0.15, 0.2) is 0 Å². The van der Waals surface area contributed by atoms with Gasteiger partial charge in [0.2, 0.25) is 0 Å². The third-order valence-corrected chi connectivity index (χ3v) is 2.93. The van der Waals surface area contributed by atoms with Crippen LogP contribution in [0.5, 0.6) is 0 Å². The summed E-state index contributed by atoms with van der Waals surface area (Å²) in [6.07, 6.45) is 1.06. The van der Waals surface area contributed by atoms with Crippen LogP contribution < -0.4 is 0 Å². The van der Waals surface area contributed by atoms with Crippen LogP contribution >= 0.6 is 0 Å². The van der Waals surface area contributed by atoms with E-state index in [0.29, 0.717) is 6.61 Å². The molecule has 1 aliphatic heterocycles. The lowest BCUT2D eigenvalue weighted by Gasteiger charge is -2.34. The van der Waals surface area contributed by atoms with Gasteiger partial charge in [0, 0.05) is 0 Å². The van der Waals surface area contributed by atoms with Crippen LogP contribution in [0.2, 0.25) is 0 Å². The number of nitrogens with zero attached hydrogens (tertiary/aromatic N) is 1. The largest absolute Gasteiger partial charge is 0.444 e. The van der Waals surface area contributed by atoms with E-state index in [0.717, 1.165) is 0 Å². The molecule has 0 aromatic rings. The lowest BCUT2D eigenvalue weighted by Crippen LogP contribution is -2.49. The molecule has 0 aromatic heterocycles. The highest BCUT2D eigenvalue weighted by Gasteiger charge is 2.45. The predicted octanol–water partition coefficient (Wildman–Crippen LogP) is 2.59. The van der Waals surface area contributed by atoms with Crippen molar-refractivity contribution in [3.63, 3.8) is 0 Å². The molecule has 0 unspecified atom stereocenters. The maximum atomic E-state index is 13.0. The molecule has 1 rings (SSSR count). The van der Waals surface area contributed by atoms with Crippen molar-refractivity contribution < 1.29 is 23.8 Å². The van der Waals surface area contributed by atoms with Crippen molar-refractivity contribution in [2.45, 2.75) is 58.4 Å². The van der Waals surface area contributed by atoms with Crippen molar-refractivity contribution in [3.05, 3.63) is 11.9 Å². The van der Waals surface area contributed by atoms with Crippen LogP contribution in [0.15, 0.2) is 11.9 Å². The first-order chi connectivity index (χ1) is 9.07. The maximum absolute atomic E-state index is 13.0. The summed E-state index contributed by atoms with van der Waals surface area (Å²) in [4.78, 5) is 13.7. The average Bonchev–Trinajstić information content (AvgIpc) is 2.59. The van der Waals surface area contributed by atoms with E-state index in [1.807, 2.05) is 0 Å². The maximum Gasteiger partial charge on any atom is 0.412 e. The highest BCUT2D eigenvalue weighted by atomic mass is 19.1. The van der Waals surface area contributed by atoms with Gasteiger partial charge < -0.3 is 14.6 Å². The van der Waals surface area contributed by atoms with Crippen LogP contribution in [-0.2, 0) is 9.47 Å². The Balaban J connectivity index is 2.83. The molecule has 0 aromatic carbocycles. The summed E-state index contributed by atoms with van der Waals surface area (Å²) in [5.41, 5.74) is -1.40. The van der Waals surface area contributed by atoms with Gasteiger partial charge in [0.05, 0.1) is 19.3 Å². The van der Waals surface area contributed by atoms with Crippen molar-refractivity contribution in [2.24, 2.45) is 0 Å². The zero-order valence-electron chi connectivity index (χ0n) is 12.8. The molecule has 1 aliphatic rings. The molecular weight excluding hydrogens is 265 g/mol. The van der Waals surface area contributed by atoms with Gasteiger partial charge in [0.25, 0.3) is 0 Å². The second-order valence-electron chi connectivity index (χ2n) is 6.31. The van der Waals surface area contributed by atoms with Gasteiger partial charge in [-0.15, -0.1) is 0 Å². The first-order valence-electron chi connectivity index (χ1n) is 6.68. The molecule has 0 aliphatic carbocycles. The topological polar surface area (TPSA) is 59.0 Å². The first kappa shape index (κ1) is 16.9. The Labute approximate surface area is 119 Å². The molecule has 0 radical (unpaired) electrons. The molecule has 5 nitrogen and oxygen atoms in total. The summed E-state index contributed by atoms with van der Waals surface area (Å²) < 4.78 is 24.0. The first-order valence-corrected chi connectivity index (χ1v) is 6.68. The summed E-state index contributed by atoms with van der Waals surface area (Å²) in [7, 11) is 0. The van der Waals surface area contributed by atoms with Gasteiger partial charge in [-0.25, -0.2) is 9.18 Å². The summed E-state index contributed by atoms with van der Waals surface area (Å²) in [5, 5.41) is 8.66. The molecule has 1 atom stereocenters. The summed E-state index contributed by atoms with van der Waals surface area (Å²) in [6.45, 7) is 8.57. The van der Waals surface area contributed by atoms with Gasteiger partial charge in [-0.1, -0.05) is 0 Å². The van der Waals surface area contributed by atoms with Gasteiger partial charge in [-0.2, -0.15) is 0 Å². The number of hydrogen-bond acceptors (Lipinski definition) is 4. The van der Waals surface area contributed by atoms with Gasteiger partial charge in [-0.3, -0.25) is 4.90 Å². The number of halogens is 1. The smallest absolute Gasteiger partial charge is 0.412 e. The standard InChI is InChI=1S/C14H24FNO4/c1-13(2,3)20-12(18)16-11(7-6-10(15)8-17)9-19-14(16,4)5/h6,11,17H,7-9H2,1-5H3/b10-6-/t11-/m0/s1. The predicted molar refractivity (Wildman–Crippen MR) is 72.8 cm³/mol. The highest BCUT2D eigenvalue weighted by Crippen LogP contribution is 2.31. The quantitative estimate of drug-likeness (QED) is 0.867. The highest BCUT2D eigenvalue weighted by molar-refractivity contribution is 5.69. The second kappa shape index (κ2) is 6.10. The Bertz CT molecular complexity index is 387. The molecule has 20 heavy (non-hydrogen) atoms. The molecule has 116 valence electrons. The van der Waals surface area contributed by atoms with Crippen LogP contribution in [0.25, 0.3) is 0 Å². The minimum atomic E-state index is -0.795. The van der Waals surface area contributed by atoms with Crippen molar-refractivity contribution in [1.29, 1.82) is 0 Å². The lowest BCUT2D eigenvalue weighted by atomic mass is 10.1. The molecule has 1 heterocycles. The molecule has 6 heteroatoms. The number of amides is 1. The second-order valence-corrected chi connectivity index (χ2v) is 6.31. The minimum absolute atomic E-state index is 0.273. The van der Waals surface area contributed by atoms with Crippen molar-refractivity contribution in [1.82, 2.24) is 4.90 Å². The summed E-state index contributed by atoms with van der Waals surface area (Å²) >= 11 is 0. The van der Waals surface area contributed by atoms with Crippen molar-refractivity contribution >= 4 is 6.09 Å². The van der Waals surface area contributed by atoms with Crippen molar-refractivity contribution in [3.8, 4) is 0 Å². The minimum Gasteiger partial charge on any atom is -0.444 e. The number of rotatable bonds is 3. The Morgan fingerprint density at radius 3 is 2.65 bits per heavy atom. The number of hydrogen-bond donors (Lipinski definition) is 1. The Morgan fingerprint density at radius 2 is 2.15 bits per heavy atom. The average molecular weight is 289 g/mol. The molecule has 1 amide bonds. The molecular formula is C14H24FNO4. The van der Waals surface area contributed by atoms with Crippen LogP contribution in [0.4, 0.5) is 9.18 Å². The fraction of sp³-hybridized carbons (Fsp3) is 0.786. The van der Waals surface area contributed by atoms with E-state index in [1.165, 1.54) is 11.0 Å². The fourth-order valence-corrected chi connectivity index (χ4v) is 2.07. The third kappa shape index (κ3) is 4.45. The molecule has 1 N–H and O–H groups in total. The van der Waals surface area contributed by atoms with E-state index in [1.54, 1.807) is 34.6 Å². The lowest BCUT2D eigenvalue weighted by molar-refractivity contribution is -0.0623. The number of carbonyl (C=O) groups is 1. The summed E-state index contributed by atoms with van der Waals surface area (Å²) in [5.74, 6) is -0.612. The molecule has 1 saturated heterocycles. The van der Waals surface area contributed by atoms with Crippen LogP contribution in [0.1, 0.15) is 41.0 Å². The van der Waals surface area contributed by atoms with E-state index in [-0.39, 0.29) is 12.5 Å². The van der Waals surface area contributed by atoms with E-state index in [2.05, 4.69) is 0 Å². The Hall–Kier alpha value is -1.14.